The van der Waals surface area contributed by atoms with Crippen LogP contribution >= 0.6 is 0 Å². The Morgan fingerprint density at radius 1 is 1.44 bits per heavy atom. The van der Waals surface area contributed by atoms with Crippen molar-refractivity contribution < 1.29 is 9.53 Å². The zero-order valence-electron chi connectivity index (χ0n) is 10.6. The van der Waals surface area contributed by atoms with Crippen molar-refractivity contribution in [3.8, 4) is 0 Å². The van der Waals surface area contributed by atoms with Crippen LogP contribution in [0.4, 0.5) is 5.69 Å². The molecule has 1 aromatic carbocycles. The van der Waals surface area contributed by atoms with Crippen LogP contribution in [-0.4, -0.2) is 38.3 Å². The zero-order chi connectivity index (χ0) is 12.5. The number of nitrogens with zero attached hydrogens (tertiary/aromatic N) is 1. The van der Waals surface area contributed by atoms with Crippen LogP contribution in [0.1, 0.15) is 18.4 Å². The van der Waals surface area contributed by atoms with E-state index in [2.05, 4.69) is 18.3 Å². The van der Waals surface area contributed by atoms with Crippen LogP contribution in [0.25, 0.3) is 0 Å². The van der Waals surface area contributed by atoms with Crippen molar-refractivity contribution in [1.29, 1.82) is 0 Å². The summed E-state index contributed by atoms with van der Waals surface area (Å²) in [4.78, 5) is 14.4. The number of nitrogens with one attached hydrogen (secondary N) is 1. The molecule has 2 atom stereocenters. The molecule has 1 fully saturated rings. The monoisotopic (exact) mass is 246 g/mol. The average Bonchev–Trinajstić information content (AvgIpc) is 2.77. The van der Waals surface area contributed by atoms with Crippen molar-refractivity contribution in [3.63, 3.8) is 0 Å². The van der Waals surface area contributed by atoms with Crippen molar-refractivity contribution in [2.45, 2.75) is 18.9 Å². The molecule has 2 aliphatic rings. The van der Waals surface area contributed by atoms with Crippen molar-refractivity contribution in [3.05, 3.63) is 29.8 Å². The van der Waals surface area contributed by atoms with Gasteiger partial charge in [0.2, 0.25) is 5.91 Å². The molecule has 18 heavy (non-hydrogen) atoms. The molecule has 2 heterocycles. The summed E-state index contributed by atoms with van der Waals surface area (Å²) in [5, 5.41) is 3.23. The topological polar surface area (TPSA) is 41.6 Å². The highest BCUT2D eigenvalue weighted by atomic mass is 16.5. The Kier molecular flexibility index (Phi) is 3.06. The predicted octanol–water partition coefficient (Wildman–Crippen LogP) is 1.13. The van der Waals surface area contributed by atoms with Gasteiger partial charge in [0.1, 0.15) is 6.04 Å². The second kappa shape index (κ2) is 4.71. The van der Waals surface area contributed by atoms with E-state index in [-0.39, 0.29) is 11.9 Å². The summed E-state index contributed by atoms with van der Waals surface area (Å²) in [6.45, 7) is 4.86. The van der Waals surface area contributed by atoms with Crippen molar-refractivity contribution >= 4 is 11.6 Å². The van der Waals surface area contributed by atoms with Crippen LogP contribution in [0.15, 0.2) is 24.3 Å². The van der Waals surface area contributed by atoms with E-state index >= 15 is 0 Å². The number of carbonyl (C=O) groups is 1. The van der Waals surface area contributed by atoms with E-state index in [0.717, 1.165) is 18.8 Å². The van der Waals surface area contributed by atoms with E-state index in [9.17, 15) is 4.79 Å². The van der Waals surface area contributed by atoms with Crippen molar-refractivity contribution in [1.82, 2.24) is 5.32 Å². The molecule has 0 aromatic heterocycles. The second-order valence-corrected chi connectivity index (χ2v) is 4.99. The fraction of sp³-hybridized carbons (Fsp3) is 0.500. The Hall–Kier alpha value is -1.39. The fourth-order valence-electron chi connectivity index (χ4n) is 2.74. The number of benzene rings is 1. The van der Waals surface area contributed by atoms with Gasteiger partial charge in [-0.25, -0.2) is 0 Å². The number of amides is 1. The normalized spacial score (nSPS) is 27.1. The number of anilines is 1. The van der Waals surface area contributed by atoms with E-state index in [4.69, 9.17) is 4.74 Å². The summed E-state index contributed by atoms with van der Waals surface area (Å²) in [6.07, 6.45) is 0. The summed E-state index contributed by atoms with van der Waals surface area (Å²) in [5.41, 5.74) is 2.32. The number of rotatable bonds is 1. The lowest BCUT2D eigenvalue weighted by molar-refractivity contribution is -0.123. The SMILES string of the molecule is C[C@H]1CN(C(=O)[C@H]2COCCN2)c2ccccc21. The Bertz CT molecular complexity index is 455. The molecule has 3 rings (SSSR count). The number of fused-ring (bicyclic) bond motifs is 1. The highest BCUT2D eigenvalue weighted by Crippen LogP contribution is 2.35. The van der Waals surface area contributed by atoms with E-state index in [1.54, 1.807) is 0 Å². The van der Waals surface area contributed by atoms with Crippen LogP contribution in [-0.2, 0) is 9.53 Å². The van der Waals surface area contributed by atoms with Crippen LogP contribution in [0, 0.1) is 0 Å². The molecule has 2 aliphatic heterocycles. The number of ether oxygens (including phenoxy) is 1. The maximum Gasteiger partial charge on any atom is 0.246 e. The van der Waals surface area contributed by atoms with Crippen LogP contribution in [0.3, 0.4) is 0 Å². The second-order valence-electron chi connectivity index (χ2n) is 4.99. The first-order valence-corrected chi connectivity index (χ1v) is 6.49. The molecule has 0 saturated carbocycles. The summed E-state index contributed by atoms with van der Waals surface area (Å²) in [5.74, 6) is 0.543. The van der Waals surface area contributed by atoms with E-state index in [0.29, 0.717) is 19.1 Å². The van der Waals surface area contributed by atoms with Gasteiger partial charge in [0.15, 0.2) is 0 Å². The summed E-state index contributed by atoms with van der Waals surface area (Å²) < 4.78 is 5.37. The number of carbonyl (C=O) groups excluding carboxylic acids is 1. The van der Waals surface area contributed by atoms with Crippen LogP contribution in [0.5, 0.6) is 0 Å². The van der Waals surface area contributed by atoms with Gasteiger partial charge in [0, 0.05) is 24.7 Å². The third-order valence-corrected chi connectivity index (χ3v) is 3.70. The summed E-state index contributed by atoms with van der Waals surface area (Å²) in [7, 11) is 0. The largest absolute Gasteiger partial charge is 0.378 e. The molecular weight excluding hydrogens is 228 g/mol. The molecule has 0 spiro atoms. The maximum absolute atomic E-state index is 12.5. The summed E-state index contributed by atoms with van der Waals surface area (Å²) >= 11 is 0. The molecule has 4 nitrogen and oxygen atoms in total. The first kappa shape index (κ1) is 11.7. The highest BCUT2D eigenvalue weighted by Gasteiger charge is 2.33. The van der Waals surface area contributed by atoms with E-state index in [1.807, 2.05) is 23.1 Å². The van der Waals surface area contributed by atoms with E-state index in [1.165, 1.54) is 5.56 Å². The average molecular weight is 246 g/mol. The van der Waals surface area contributed by atoms with Crippen LogP contribution in [0.2, 0.25) is 0 Å². The predicted molar refractivity (Wildman–Crippen MR) is 69.8 cm³/mol. The lowest BCUT2D eigenvalue weighted by Crippen LogP contribution is -2.52. The molecular formula is C14H18N2O2. The van der Waals surface area contributed by atoms with Gasteiger partial charge in [-0.15, -0.1) is 0 Å². The molecule has 0 unspecified atom stereocenters. The molecule has 0 radical (unpaired) electrons. The van der Waals surface area contributed by atoms with Crippen molar-refractivity contribution in [2.75, 3.05) is 31.2 Å². The Labute approximate surface area is 107 Å². The standard InChI is InChI=1S/C14H18N2O2/c1-10-8-16(13-5-3-2-4-11(10)13)14(17)12-9-18-7-6-15-12/h2-5,10,12,15H,6-9H2,1H3/t10-,12+/m0/s1. The first-order chi connectivity index (χ1) is 8.77. The first-order valence-electron chi connectivity index (χ1n) is 6.49. The highest BCUT2D eigenvalue weighted by molar-refractivity contribution is 5.99. The fourth-order valence-corrected chi connectivity index (χ4v) is 2.74. The Morgan fingerprint density at radius 3 is 3.06 bits per heavy atom. The number of morpholine rings is 1. The van der Waals surface area contributed by atoms with Gasteiger partial charge in [-0.3, -0.25) is 4.79 Å². The molecule has 1 aromatic rings. The van der Waals surface area contributed by atoms with Gasteiger partial charge >= 0.3 is 0 Å². The lowest BCUT2D eigenvalue weighted by atomic mass is 10.0. The molecule has 1 amide bonds. The minimum Gasteiger partial charge on any atom is -0.378 e. The van der Waals surface area contributed by atoms with Gasteiger partial charge in [-0.1, -0.05) is 25.1 Å². The van der Waals surface area contributed by atoms with Crippen molar-refractivity contribution in [2.24, 2.45) is 0 Å². The Balaban J connectivity index is 1.83. The van der Waals surface area contributed by atoms with Gasteiger partial charge in [0.25, 0.3) is 0 Å². The molecule has 0 bridgehead atoms. The smallest absolute Gasteiger partial charge is 0.246 e. The Morgan fingerprint density at radius 2 is 2.28 bits per heavy atom. The number of hydrogen-bond acceptors (Lipinski definition) is 3. The number of para-hydroxylation sites is 1. The maximum atomic E-state index is 12.5. The summed E-state index contributed by atoms with van der Waals surface area (Å²) in [6, 6.07) is 7.96. The minimum absolute atomic E-state index is 0.131. The van der Waals surface area contributed by atoms with Gasteiger partial charge in [-0.2, -0.15) is 0 Å². The molecule has 96 valence electrons. The molecule has 1 N–H and O–H groups in total. The van der Waals surface area contributed by atoms with Crippen LogP contribution < -0.4 is 10.2 Å². The lowest BCUT2D eigenvalue weighted by Gasteiger charge is -2.27. The number of hydrogen-bond donors (Lipinski definition) is 1. The van der Waals surface area contributed by atoms with Gasteiger partial charge in [0.05, 0.1) is 13.2 Å². The third kappa shape index (κ3) is 1.91. The van der Waals surface area contributed by atoms with Gasteiger partial charge in [-0.05, 0) is 11.6 Å². The molecule has 1 saturated heterocycles. The minimum atomic E-state index is -0.197. The quantitative estimate of drug-likeness (QED) is 0.807. The van der Waals surface area contributed by atoms with E-state index < -0.39 is 0 Å². The molecule has 4 heteroatoms. The zero-order valence-corrected chi connectivity index (χ0v) is 10.6. The third-order valence-electron chi connectivity index (χ3n) is 3.70. The molecule has 0 aliphatic carbocycles. The van der Waals surface area contributed by atoms with Gasteiger partial charge < -0.3 is 15.0 Å².